The van der Waals surface area contributed by atoms with Crippen LogP contribution in [-0.4, -0.2) is 9.97 Å². The van der Waals surface area contributed by atoms with Crippen molar-refractivity contribution in [1.29, 1.82) is 0 Å². The minimum absolute atomic E-state index is 0.226. The summed E-state index contributed by atoms with van der Waals surface area (Å²) in [5.74, 6) is -3.65. The lowest BCUT2D eigenvalue weighted by molar-refractivity contribution is 0.449. The Bertz CT molecular complexity index is 979. The standard InChI is InChI=1S/C18H14ClF3N4/c1-9-3-4-11(19)8-14(9)25-18-23-10(2)7-15(26-18)24-13-6-5-12(20)16(21)17(13)22/h3-8H,1-2H3,(H2,23,24,25,26). The SMILES string of the molecule is Cc1cc(Nc2ccc(F)c(F)c2F)nc(Nc2cc(Cl)ccc2C)n1. The lowest BCUT2D eigenvalue weighted by Crippen LogP contribution is -2.05. The lowest BCUT2D eigenvalue weighted by Gasteiger charge is -2.12. The van der Waals surface area contributed by atoms with Gasteiger partial charge in [-0.05, 0) is 43.7 Å². The van der Waals surface area contributed by atoms with Gasteiger partial charge >= 0.3 is 0 Å². The zero-order valence-corrected chi connectivity index (χ0v) is 14.6. The van der Waals surface area contributed by atoms with E-state index in [-0.39, 0.29) is 17.5 Å². The molecule has 2 N–H and O–H groups in total. The Balaban J connectivity index is 1.91. The maximum atomic E-state index is 13.8. The van der Waals surface area contributed by atoms with Crippen molar-refractivity contribution in [2.75, 3.05) is 10.6 Å². The highest BCUT2D eigenvalue weighted by Crippen LogP contribution is 2.26. The third kappa shape index (κ3) is 3.88. The van der Waals surface area contributed by atoms with Gasteiger partial charge in [0.15, 0.2) is 17.5 Å². The van der Waals surface area contributed by atoms with E-state index in [0.29, 0.717) is 16.4 Å². The Hall–Kier alpha value is -2.80. The van der Waals surface area contributed by atoms with Crippen molar-refractivity contribution >= 4 is 34.7 Å². The van der Waals surface area contributed by atoms with E-state index in [2.05, 4.69) is 20.6 Å². The molecule has 1 aromatic heterocycles. The van der Waals surface area contributed by atoms with Crippen molar-refractivity contribution < 1.29 is 13.2 Å². The van der Waals surface area contributed by atoms with Crippen LogP contribution in [0.25, 0.3) is 0 Å². The second kappa shape index (κ2) is 7.21. The largest absolute Gasteiger partial charge is 0.338 e. The van der Waals surface area contributed by atoms with Gasteiger partial charge in [-0.25, -0.2) is 18.2 Å². The van der Waals surface area contributed by atoms with Crippen molar-refractivity contribution in [3.05, 3.63) is 70.1 Å². The Morgan fingerprint density at radius 2 is 1.62 bits per heavy atom. The van der Waals surface area contributed by atoms with E-state index in [4.69, 9.17) is 11.6 Å². The van der Waals surface area contributed by atoms with Crippen LogP contribution in [0.1, 0.15) is 11.3 Å². The molecule has 1 heterocycles. The number of halogens is 4. The molecule has 0 amide bonds. The fraction of sp³-hybridized carbons (Fsp3) is 0.111. The minimum atomic E-state index is -1.55. The summed E-state index contributed by atoms with van der Waals surface area (Å²) >= 11 is 6.00. The molecule has 3 aromatic rings. The number of hydrogen-bond acceptors (Lipinski definition) is 4. The van der Waals surface area contributed by atoms with Crippen LogP contribution in [0.3, 0.4) is 0 Å². The monoisotopic (exact) mass is 378 g/mol. The van der Waals surface area contributed by atoms with Gasteiger partial charge in [-0.1, -0.05) is 17.7 Å². The molecule has 0 aliphatic heterocycles. The molecule has 3 rings (SSSR count). The molecule has 0 aliphatic carbocycles. The van der Waals surface area contributed by atoms with Gasteiger partial charge in [-0.3, -0.25) is 0 Å². The molecule has 0 atom stereocenters. The third-order valence-electron chi connectivity index (χ3n) is 3.60. The van der Waals surface area contributed by atoms with Crippen LogP contribution in [0.5, 0.6) is 0 Å². The van der Waals surface area contributed by atoms with Gasteiger partial charge in [0.1, 0.15) is 5.82 Å². The van der Waals surface area contributed by atoms with Gasteiger partial charge in [0.25, 0.3) is 0 Å². The molecule has 0 aliphatic rings. The predicted octanol–water partition coefficient (Wildman–Crippen LogP) is 5.65. The highest BCUT2D eigenvalue weighted by atomic mass is 35.5. The van der Waals surface area contributed by atoms with E-state index in [1.54, 1.807) is 25.1 Å². The molecule has 2 aromatic carbocycles. The molecule has 134 valence electrons. The lowest BCUT2D eigenvalue weighted by atomic mass is 10.2. The van der Waals surface area contributed by atoms with Crippen LogP contribution in [0.2, 0.25) is 5.02 Å². The van der Waals surface area contributed by atoms with Crippen molar-refractivity contribution in [3.8, 4) is 0 Å². The van der Waals surface area contributed by atoms with Crippen LogP contribution in [0.15, 0.2) is 36.4 Å². The van der Waals surface area contributed by atoms with Gasteiger partial charge < -0.3 is 10.6 Å². The fourth-order valence-electron chi connectivity index (χ4n) is 2.30. The number of aromatic nitrogens is 2. The highest BCUT2D eigenvalue weighted by molar-refractivity contribution is 6.30. The first-order valence-electron chi connectivity index (χ1n) is 7.63. The minimum Gasteiger partial charge on any atom is -0.338 e. The number of hydrogen-bond donors (Lipinski definition) is 2. The molecule has 4 nitrogen and oxygen atoms in total. The highest BCUT2D eigenvalue weighted by Gasteiger charge is 2.14. The summed E-state index contributed by atoms with van der Waals surface area (Å²) in [7, 11) is 0. The third-order valence-corrected chi connectivity index (χ3v) is 3.83. The Labute approximate surface area is 153 Å². The molecule has 0 saturated heterocycles. The summed E-state index contributed by atoms with van der Waals surface area (Å²) in [5.41, 5.74) is 2.01. The summed E-state index contributed by atoms with van der Waals surface area (Å²) in [6.45, 7) is 3.62. The average Bonchev–Trinajstić information content (AvgIpc) is 2.58. The Morgan fingerprint density at radius 1 is 0.846 bits per heavy atom. The van der Waals surface area contributed by atoms with Crippen molar-refractivity contribution in [1.82, 2.24) is 9.97 Å². The number of aryl methyl sites for hydroxylation is 2. The van der Waals surface area contributed by atoms with Gasteiger partial charge in [-0.15, -0.1) is 0 Å². The van der Waals surface area contributed by atoms with Crippen molar-refractivity contribution in [3.63, 3.8) is 0 Å². The molecule has 0 saturated carbocycles. The van der Waals surface area contributed by atoms with E-state index in [1.165, 1.54) is 0 Å². The van der Waals surface area contributed by atoms with E-state index in [1.807, 2.05) is 13.0 Å². The topological polar surface area (TPSA) is 49.8 Å². The van der Waals surface area contributed by atoms with E-state index < -0.39 is 17.5 Å². The fourth-order valence-corrected chi connectivity index (χ4v) is 2.47. The average molecular weight is 379 g/mol. The molecule has 26 heavy (non-hydrogen) atoms. The first-order chi connectivity index (χ1) is 12.3. The smallest absolute Gasteiger partial charge is 0.229 e. The van der Waals surface area contributed by atoms with Gasteiger partial charge in [0.05, 0.1) is 5.69 Å². The van der Waals surface area contributed by atoms with Crippen LogP contribution >= 0.6 is 11.6 Å². The van der Waals surface area contributed by atoms with Crippen LogP contribution in [0.4, 0.5) is 36.3 Å². The second-order valence-corrected chi connectivity index (χ2v) is 6.09. The first kappa shape index (κ1) is 18.0. The van der Waals surface area contributed by atoms with E-state index in [9.17, 15) is 13.2 Å². The predicted molar refractivity (Wildman–Crippen MR) is 95.8 cm³/mol. The summed E-state index contributed by atoms with van der Waals surface area (Å²) in [6, 6.07) is 8.82. The van der Waals surface area contributed by atoms with Gasteiger partial charge in [0.2, 0.25) is 5.95 Å². The zero-order valence-electron chi connectivity index (χ0n) is 13.9. The molecular formula is C18H14ClF3N4. The Morgan fingerprint density at radius 3 is 2.38 bits per heavy atom. The molecule has 0 bridgehead atoms. The van der Waals surface area contributed by atoms with E-state index in [0.717, 1.165) is 17.7 Å². The Kier molecular flexibility index (Phi) is 4.99. The van der Waals surface area contributed by atoms with E-state index >= 15 is 0 Å². The number of anilines is 4. The zero-order chi connectivity index (χ0) is 18.8. The summed E-state index contributed by atoms with van der Waals surface area (Å²) in [4.78, 5) is 8.49. The quantitative estimate of drug-likeness (QED) is 0.576. The van der Waals surface area contributed by atoms with Crippen LogP contribution < -0.4 is 10.6 Å². The molecule has 0 radical (unpaired) electrons. The first-order valence-corrected chi connectivity index (χ1v) is 8.00. The number of rotatable bonds is 4. The molecule has 0 unspecified atom stereocenters. The van der Waals surface area contributed by atoms with Crippen LogP contribution in [0, 0.1) is 31.3 Å². The molecule has 8 heteroatoms. The summed E-state index contributed by atoms with van der Waals surface area (Å²) in [6.07, 6.45) is 0. The number of benzene rings is 2. The normalized spacial score (nSPS) is 10.7. The molecule has 0 fully saturated rings. The maximum Gasteiger partial charge on any atom is 0.229 e. The summed E-state index contributed by atoms with van der Waals surface area (Å²) in [5, 5.41) is 6.22. The number of nitrogens with one attached hydrogen (secondary N) is 2. The second-order valence-electron chi connectivity index (χ2n) is 5.65. The van der Waals surface area contributed by atoms with Crippen molar-refractivity contribution in [2.24, 2.45) is 0 Å². The molecule has 0 spiro atoms. The number of nitrogens with zero attached hydrogens (tertiary/aromatic N) is 2. The molecular weight excluding hydrogens is 365 g/mol. The van der Waals surface area contributed by atoms with Gasteiger partial charge in [-0.2, -0.15) is 4.98 Å². The van der Waals surface area contributed by atoms with Crippen molar-refractivity contribution in [2.45, 2.75) is 13.8 Å². The van der Waals surface area contributed by atoms with Crippen LogP contribution in [-0.2, 0) is 0 Å². The summed E-state index contributed by atoms with van der Waals surface area (Å²) < 4.78 is 40.3. The maximum absolute atomic E-state index is 13.8. The van der Waals surface area contributed by atoms with Gasteiger partial charge in [0, 0.05) is 22.5 Å².